The van der Waals surface area contributed by atoms with Crippen LogP contribution in [0.3, 0.4) is 0 Å². The lowest BCUT2D eigenvalue weighted by Gasteiger charge is -1.91. The highest BCUT2D eigenvalue weighted by molar-refractivity contribution is 5.90. The second kappa shape index (κ2) is 13.3. The standard InChI is InChI=1S/C4H10N2.2C4H4O4/c5-4-1-2-6-3-4;2*5-3(6)1-2-4(7)8/h4,6H,1-3,5H2;2*1-2H,(H,5,6)(H,7,8)/b;2*2-1+. The first-order valence-corrected chi connectivity index (χ1v) is 5.89. The molecule has 1 heterocycles. The molecule has 0 amide bonds. The van der Waals surface area contributed by atoms with Crippen LogP contribution in [0.25, 0.3) is 0 Å². The molecule has 1 fully saturated rings. The number of nitrogens with two attached hydrogens (primary N) is 1. The Morgan fingerprint density at radius 3 is 1.23 bits per heavy atom. The van der Waals surface area contributed by atoms with E-state index in [9.17, 15) is 19.2 Å². The molecule has 1 aliphatic rings. The normalized spacial score (nSPS) is 16.3. The average Bonchev–Trinajstić information content (AvgIpc) is 2.86. The first kappa shape index (κ1) is 21.6. The number of carboxylic acid groups (broad SMARTS) is 4. The van der Waals surface area contributed by atoms with Crippen LogP contribution in [-0.2, 0) is 19.2 Å². The van der Waals surface area contributed by atoms with Crippen molar-refractivity contribution in [2.75, 3.05) is 13.1 Å². The third-order valence-corrected chi connectivity index (χ3v) is 1.84. The molecule has 124 valence electrons. The van der Waals surface area contributed by atoms with Crippen LogP contribution in [0.15, 0.2) is 24.3 Å². The van der Waals surface area contributed by atoms with Gasteiger partial charge in [0.25, 0.3) is 0 Å². The quantitative estimate of drug-likeness (QED) is 0.341. The summed E-state index contributed by atoms with van der Waals surface area (Å²) in [6.45, 7) is 2.13. The van der Waals surface area contributed by atoms with Crippen molar-refractivity contribution in [3.63, 3.8) is 0 Å². The largest absolute Gasteiger partial charge is 0.478 e. The molecule has 10 heteroatoms. The molecule has 0 bridgehead atoms. The summed E-state index contributed by atoms with van der Waals surface area (Å²) < 4.78 is 0. The Kier molecular flexibility index (Phi) is 13.0. The molecule has 1 unspecified atom stereocenters. The highest BCUT2D eigenvalue weighted by Crippen LogP contribution is 1.90. The summed E-state index contributed by atoms with van der Waals surface area (Å²) in [5.41, 5.74) is 5.47. The molecule has 10 nitrogen and oxygen atoms in total. The van der Waals surface area contributed by atoms with Crippen molar-refractivity contribution in [2.45, 2.75) is 12.5 Å². The maximum absolute atomic E-state index is 9.55. The molecule has 0 spiro atoms. The van der Waals surface area contributed by atoms with Gasteiger partial charge in [0.05, 0.1) is 0 Å². The smallest absolute Gasteiger partial charge is 0.328 e. The number of carbonyl (C=O) groups is 4. The number of nitrogens with one attached hydrogen (secondary N) is 1. The molecule has 0 aliphatic carbocycles. The molecule has 1 saturated heterocycles. The second-order valence-corrected chi connectivity index (χ2v) is 3.77. The van der Waals surface area contributed by atoms with E-state index in [2.05, 4.69) is 5.32 Å². The molecule has 1 atom stereocenters. The van der Waals surface area contributed by atoms with E-state index in [1.807, 2.05) is 0 Å². The molecule has 1 rings (SSSR count). The predicted molar refractivity (Wildman–Crippen MR) is 74.3 cm³/mol. The van der Waals surface area contributed by atoms with Gasteiger partial charge >= 0.3 is 23.9 Å². The molecule has 0 aromatic carbocycles. The van der Waals surface area contributed by atoms with Crippen LogP contribution in [0.4, 0.5) is 0 Å². The maximum Gasteiger partial charge on any atom is 0.328 e. The minimum atomic E-state index is -1.26. The zero-order chi connectivity index (χ0) is 17.5. The number of hydrogen-bond donors (Lipinski definition) is 6. The Hall–Kier alpha value is -2.72. The fraction of sp³-hybridized carbons (Fsp3) is 0.333. The number of aliphatic carboxylic acids is 4. The number of carboxylic acids is 4. The summed E-state index contributed by atoms with van der Waals surface area (Å²) in [5.74, 6) is -5.03. The first-order valence-electron chi connectivity index (χ1n) is 5.89. The average molecular weight is 318 g/mol. The van der Waals surface area contributed by atoms with Crippen LogP contribution < -0.4 is 11.1 Å². The van der Waals surface area contributed by atoms with Crippen LogP contribution in [0.5, 0.6) is 0 Å². The zero-order valence-corrected chi connectivity index (χ0v) is 11.5. The van der Waals surface area contributed by atoms with E-state index in [4.69, 9.17) is 26.2 Å². The maximum atomic E-state index is 9.55. The molecule has 22 heavy (non-hydrogen) atoms. The summed E-state index contributed by atoms with van der Waals surface area (Å²) in [7, 11) is 0. The summed E-state index contributed by atoms with van der Waals surface area (Å²) in [6.07, 6.45) is 3.38. The van der Waals surface area contributed by atoms with Crippen molar-refractivity contribution in [3.8, 4) is 0 Å². The van der Waals surface area contributed by atoms with Gasteiger partial charge in [0.15, 0.2) is 0 Å². The van der Waals surface area contributed by atoms with Gasteiger partial charge in [0.2, 0.25) is 0 Å². The highest BCUT2D eigenvalue weighted by atomic mass is 16.4. The van der Waals surface area contributed by atoms with Gasteiger partial charge in [-0.1, -0.05) is 0 Å². The summed E-state index contributed by atoms with van der Waals surface area (Å²) >= 11 is 0. The third kappa shape index (κ3) is 22.5. The van der Waals surface area contributed by atoms with E-state index in [0.29, 0.717) is 30.3 Å². The Labute approximate surface area is 125 Å². The molecular formula is C12H18N2O8. The molecule has 0 saturated carbocycles. The minimum Gasteiger partial charge on any atom is -0.478 e. The van der Waals surface area contributed by atoms with Gasteiger partial charge in [0, 0.05) is 36.9 Å². The highest BCUT2D eigenvalue weighted by Gasteiger charge is 2.06. The van der Waals surface area contributed by atoms with Crippen molar-refractivity contribution in [1.29, 1.82) is 0 Å². The van der Waals surface area contributed by atoms with E-state index in [-0.39, 0.29) is 0 Å². The van der Waals surface area contributed by atoms with E-state index >= 15 is 0 Å². The Morgan fingerprint density at radius 2 is 1.14 bits per heavy atom. The summed E-state index contributed by atoms with van der Waals surface area (Å²) in [6, 6.07) is 0.435. The monoisotopic (exact) mass is 318 g/mol. The van der Waals surface area contributed by atoms with Crippen molar-refractivity contribution in [3.05, 3.63) is 24.3 Å². The molecule has 7 N–H and O–H groups in total. The van der Waals surface area contributed by atoms with Gasteiger partial charge in [-0.25, -0.2) is 19.2 Å². The zero-order valence-electron chi connectivity index (χ0n) is 11.5. The van der Waals surface area contributed by atoms with Gasteiger partial charge < -0.3 is 31.5 Å². The number of hydrogen-bond acceptors (Lipinski definition) is 6. The van der Waals surface area contributed by atoms with Crippen LogP contribution in [0, 0.1) is 0 Å². The van der Waals surface area contributed by atoms with Crippen LogP contribution in [0.1, 0.15) is 6.42 Å². The van der Waals surface area contributed by atoms with Gasteiger partial charge in [-0.3, -0.25) is 0 Å². The molecular weight excluding hydrogens is 300 g/mol. The van der Waals surface area contributed by atoms with Crippen molar-refractivity contribution >= 4 is 23.9 Å². The van der Waals surface area contributed by atoms with Crippen LogP contribution in [0.2, 0.25) is 0 Å². The Balaban J connectivity index is 0. The topological polar surface area (TPSA) is 187 Å². The predicted octanol–water partition coefficient (Wildman–Crippen LogP) is -1.27. The fourth-order valence-corrected chi connectivity index (χ4v) is 0.962. The van der Waals surface area contributed by atoms with E-state index in [1.165, 1.54) is 0 Å². The SMILES string of the molecule is NC1CCNC1.O=C(O)/C=C/C(=O)O.O=C(O)/C=C/C(=O)O. The molecule has 0 radical (unpaired) electrons. The van der Waals surface area contributed by atoms with Crippen molar-refractivity contribution in [2.24, 2.45) is 5.73 Å². The van der Waals surface area contributed by atoms with Gasteiger partial charge in [0.1, 0.15) is 0 Å². The summed E-state index contributed by atoms with van der Waals surface area (Å²) in [4.78, 5) is 38.2. The second-order valence-electron chi connectivity index (χ2n) is 3.77. The van der Waals surface area contributed by atoms with E-state index in [1.54, 1.807) is 0 Å². The summed E-state index contributed by atoms with van der Waals surface area (Å²) in [5, 5.41) is 34.4. The van der Waals surface area contributed by atoms with E-state index in [0.717, 1.165) is 19.5 Å². The van der Waals surface area contributed by atoms with Gasteiger partial charge in [-0.15, -0.1) is 0 Å². The van der Waals surface area contributed by atoms with Crippen LogP contribution >= 0.6 is 0 Å². The molecule has 0 aromatic rings. The first-order chi connectivity index (χ1) is 10.1. The van der Waals surface area contributed by atoms with Gasteiger partial charge in [-0.2, -0.15) is 0 Å². The van der Waals surface area contributed by atoms with E-state index < -0.39 is 23.9 Å². The fourth-order valence-electron chi connectivity index (χ4n) is 0.962. The van der Waals surface area contributed by atoms with Crippen LogP contribution in [-0.4, -0.2) is 63.4 Å². The van der Waals surface area contributed by atoms with Crippen molar-refractivity contribution < 1.29 is 39.6 Å². The lowest BCUT2D eigenvalue weighted by Crippen LogP contribution is -2.21. The Morgan fingerprint density at radius 1 is 0.818 bits per heavy atom. The lowest BCUT2D eigenvalue weighted by atomic mass is 10.3. The molecule has 1 aliphatic heterocycles. The van der Waals surface area contributed by atoms with Crippen molar-refractivity contribution in [1.82, 2.24) is 5.32 Å². The lowest BCUT2D eigenvalue weighted by molar-refractivity contribution is -0.134. The number of rotatable bonds is 4. The minimum absolute atomic E-state index is 0.435. The molecule has 0 aromatic heterocycles. The van der Waals surface area contributed by atoms with Gasteiger partial charge in [-0.05, 0) is 13.0 Å². The third-order valence-electron chi connectivity index (χ3n) is 1.84. The Bertz CT molecular complexity index is 372.